The largest absolute Gasteiger partial charge is 0.385 e. The summed E-state index contributed by atoms with van der Waals surface area (Å²) in [6, 6.07) is 1.19. The summed E-state index contributed by atoms with van der Waals surface area (Å²) in [4.78, 5) is 0. The van der Waals surface area contributed by atoms with Gasteiger partial charge in [-0.1, -0.05) is 0 Å². The second kappa shape index (κ2) is 2.77. The molecule has 0 aromatic heterocycles. The lowest BCUT2D eigenvalue weighted by atomic mass is 10.5. The van der Waals surface area contributed by atoms with E-state index in [9.17, 15) is 0 Å². The third kappa shape index (κ3) is 1.87. The number of rotatable bonds is 0. The zero-order valence-corrected chi connectivity index (χ0v) is 6.72. The predicted molar refractivity (Wildman–Crippen MR) is 33.3 cm³/mol. The van der Waals surface area contributed by atoms with E-state index in [4.69, 9.17) is 8.74 Å². The summed E-state index contributed by atoms with van der Waals surface area (Å²) in [5.74, 6) is 0. The Morgan fingerprint density at radius 1 is 1.86 bits per heavy atom. The van der Waals surface area contributed by atoms with Crippen LogP contribution in [0.1, 0.15) is 6.92 Å². The first-order chi connectivity index (χ1) is 3.39. The molecule has 2 nitrogen and oxygen atoms in total. The fraction of sp³-hybridized carbons (Fsp3) is 1.00. The Balaban J connectivity index is 2.12. The molecule has 1 saturated heterocycles. The van der Waals surface area contributed by atoms with Gasteiger partial charge in [-0.2, -0.15) is 0 Å². The summed E-state index contributed by atoms with van der Waals surface area (Å²) >= 11 is 0. The highest BCUT2D eigenvalue weighted by atomic mass is 31.1. The molecule has 0 amide bonds. The van der Waals surface area contributed by atoms with Gasteiger partial charge < -0.3 is 8.74 Å². The zero-order chi connectivity index (χ0) is 5.11. The van der Waals surface area contributed by atoms with Gasteiger partial charge in [0, 0.05) is 0 Å². The highest BCUT2D eigenvalue weighted by molar-refractivity contribution is 7.28. The van der Waals surface area contributed by atoms with Gasteiger partial charge in [-0.25, -0.2) is 0 Å². The van der Waals surface area contributed by atoms with Crippen LogP contribution in [0, 0.1) is 0 Å². The van der Waals surface area contributed by atoms with E-state index < -0.39 is 0 Å². The van der Waals surface area contributed by atoms with Crippen molar-refractivity contribution < 1.29 is 8.74 Å². The molecule has 2 unspecified atom stereocenters. The summed E-state index contributed by atoms with van der Waals surface area (Å²) < 4.78 is 10.2. The lowest BCUT2D eigenvalue weighted by Crippen LogP contribution is -2.11. The first-order valence-electron chi connectivity index (χ1n) is 2.42. The Bertz CT molecular complexity index is 54.9. The van der Waals surface area contributed by atoms with Crippen LogP contribution in [0.5, 0.6) is 0 Å². The van der Waals surface area contributed by atoms with Gasteiger partial charge >= 0.3 is 0 Å². The molecule has 0 spiro atoms. The second-order valence-electron chi connectivity index (χ2n) is 1.65. The molecule has 0 aromatic rings. The SMILES string of the molecule is CC1C[SiH2]OPO1. The average molecular weight is 136 g/mol. The maximum atomic E-state index is 5.12. The van der Waals surface area contributed by atoms with Crippen molar-refractivity contribution in [1.29, 1.82) is 0 Å². The van der Waals surface area contributed by atoms with Crippen molar-refractivity contribution in [3.05, 3.63) is 0 Å². The average Bonchev–Trinajstić information content (AvgIpc) is 1.69. The molecule has 0 saturated carbocycles. The summed E-state index contributed by atoms with van der Waals surface area (Å²) in [6.07, 6.45) is 0.485. The maximum Gasteiger partial charge on any atom is 0.172 e. The minimum atomic E-state index is -0.152. The highest BCUT2D eigenvalue weighted by Gasteiger charge is 2.07. The van der Waals surface area contributed by atoms with Crippen LogP contribution >= 0.6 is 9.03 Å². The van der Waals surface area contributed by atoms with Crippen LogP contribution in [0.15, 0.2) is 0 Å². The normalized spacial score (nSPS) is 39.9. The summed E-state index contributed by atoms with van der Waals surface area (Å²) in [6.45, 7) is 2.10. The lowest BCUT2D eigenvalue weighted by Gasteiger charge is -2.16. The van der Waals surface area contributed by atoms with Gasteiger partial charge in [0.05, 0.1) is 6.10 Å². The minimum absolute atomic E-state index is 0.152. The van der Waals surface area contributed by atoms with Gasteiger partial charge in [-0.05, 0) is 13.0 Å². The third-order valence-electron chi connectivity index (χ3n) is 0.935. The molecular weight excluding hydrogens is 127 g/mol. The fourth-order valence-corrected chi connectivity index (χ4v) is 2.49. The molecule has 0 N–H and O–H groups in total. The van der Waals surface area contributed by atoms with Gasteiger partial charge in [0.2, 0.25) is 0 Å². The standard InChI is InChI=1S/C3H9O2PSi/c1-3-2-7-5-6-4-3/h3,6H,2,7H2,1H3. The van der Waals surface area contributed by atoms with Crippen molar-refractivity contribution in [3.63, 3.8) is 0 Å². The van der Waals surface area contributed by atoms with E-state index in [1.165, 1.54) is 6.04 Å². The van der Waals surface area contributed by atoms with Crippen LogP contribution < -0.4 is 0 Å². The maximum absolute atomic E-state index is 5.12. The molecule has 0 bridgehead atoms. The topological polar surface area (TPSA) is 18.5 Å². The molecule has 1 aliphatic heterocycles. The van der Waals surface area contributed by atoms with Crippen LogP contribution in [0.4, 0.5) is 0 Å². The Kier molecular flexibility index (Phi) is 2.26. The highest BCUT2D eigenvalue weighted by Crippen LogP contribution is 2.23. The van der Waals surface area contributed by atoms with Gasteiger partial charge in [0.1, 0.15) is 9.03 Å². The lowest BCUT2D eigenvalue weighted by molar-refractivity contribution is 0.238. The van der Waals surface area contributed by atoms with E-state index >= 15 is 0 Å². The van der Waals surface area contributed by atoms with Crippen molar-refractivity contribution in [2.45, 2.75) is 19.1 Å². The number of hydrogen-bond donors (Lipinski definition) is 0. The van der Waals surface area contributed by atoms with E-state index in [-0.39, 0.29) is 9.76 Å². The Labute approximate surface area is 47.5 Å². The predicted octanol–water partition coefficient (Wildman–Crippen LogP) is 0.432. The first-order valence-corrected chi connectivity index (χ1v) is 4.81. The fourth-order valence-electron chi connectivity index (χ4n) is 0.442. The summed E-state index contributed by atoms with van der Waals surface area (Å²) in [7, 11) is 0.192. The molecule has 0 aromatic carbocycles. The quantitative estimate of drug-likeness (QED) is 0.355. The molecule has 4 heteroatoms. The van der Waals surface area contributed by atoms with Gasteiger partial charge in [-0.3, -0.25) is 0 Å². The molecule has 0 radical (unpaired) electrons. The van der Waals surface area contributed by atoms with Crippen LogP contribution in [0.25, 0.3) is 0 Å². The second-order valence-corrected chi connectivity index (χ2v) is 4.19. The Morgan fingerprint density at radius 3 is 3.00 bits per heavy atom. The van der Waals surface area contributed by atoms with E-state index in [2.05, 4.69) is 6.92 Å². The van der Waals surface area contributed by atoms with Crippen molar-refractivity contribution in [3.8, 4) is 0 Å². The van der Waals surface area contributed by atoms with Gasteiger partial charge in [-0.15, -0.1) is 0 Å². The van der Waals surface area contributed by atoms with Crippen molar-refractivity contribution in [1.82, 2.24) is 0 Å². The van der Waals surface area contributed by atoms with E-state index in [1.54, 1.807) is 0 Å². The van der Waals surface area contributed by atoms with Gasteiger partial charge in [0.25, 0.3) is 0 Å². The van der Waals surface area contributed by atoms with Crippen molar-refractivity contribution in [2.24, 2.45) is 0 Å². The van der Waals surface area contributed by atoms with Crippen molar-refractivity contribution in [2.75, 3.05) is 0 Å². The van der Waals surface area contributed by atoms with Crippen LogP contribution in [-0.4, -0.2) is 15.9 Å². The molecule has 1 heterocycles. The van der Waals surface area contributed by atoms with E-state index in [1.807, 2.05) is 0 Å². The molecule has 1 rings (SSSR count). The molecule has 1 fully saturated rings. The molecule has 0 aliphatic carbocycles. The third-order valence-corrected chi connectivity index (χ3v) is 3.77. The Morgan fingerprint density at radius 2 is 2.71 bits per heavy atom. The number of hydrogen-bond acceptors (Lipinski definition) is 2. The van der Waals surface area contributed by atoms with Gasteiger partial charge in [0.15, 0.2) is 9.76 Å². The minimum Gasteiger partial charge on any atom is -0.385 e. The van der Waals surface area contributed by atoms with Crippen LogP contribution in [0.3, 0.4) is 0 Å². The Hall–Kier alpha value is 0.567. The molecule has 2 atom stereocenters. The van der Waals surface area contributed by atoms with Crippen LogP contribution in [0.2, 0.25) is 6.04 Å². The molecular formula is C3H9O2PSi. The first kappa shape index (κ1) is 5.70. The monoisotopic (exact) mass is 136 g/mol. The van der Waals surface area contributed by atoms with E-state index in [0.29, 0.717) is 15.1 Å². The molecule has 1 aliphatic rings. The summed E-state index contributed by atoms with van der Waals surface area (Å²) in [5.41, 5.74) is 0. The summed E-state index contributed by atoms with van der Waals surface area (Å²) in [5, 5.41) is 0. The van der Waals surface area contributed by atoms with Crippen LogP contribution in [-0.2, 0) is 8.74 Å². The van der Waals surface area contributed by atoms with Crippen molar-refractivity contribution >= 4 is 18.8 Å². The molecule has 42 valence electrons. The van der Waals surface area contributed by atoms with E-state index in [0.717, 1.165) is 0 Å². The smallest absolute Gasteiger partial charge is 0.172 e. The zero-order valence-electron chi connectivity index (χ0n) is 4.31. The molecule has 7 heavy (non-hydrogen) atoms.